The van der Waals surface area contributed by atoms with Crippen LogP contribution in [-0.4, -0.2) is 18.2 Å². The molecule has 0 heterocycles. The van der Waals surface area contributed by atoms with E-state index in [1.807, 2.05) is 54.6 Å². The molecule has 3 aromatic rings. The van der Waals surface area contributed by atoms with Gasteiger partial charge >= 0.3 is 5.97 Å². The molecule has 1 N–H and O–H groups in total. The largest absolute Gasteiger partial charge is 0.507 e. The topological polar surface area (TPSA) is 55.8 Å². The molecule has 0 saturated heterocycles. The van der Waals surface area contributed by atoms with Crippen LogP contribution in [0.1, 0.15) is 33.5 Å². The van der Waals surface area contributed by atoms with Gasteiger partial charge in [-0.1, -0.05) is 54.6 Å². The third-order valence-corrected chi connectivity index (χ3v) is 4.59. The molecule has 0 amide bonds. The smallest absolute Gasteiger partial charge is 0.341 e. The molecule has 0 aliphatic carbocycles. The first-order valence-corrected chi connectivity index (χ1v) is 9.32. The summed E-state index contributed by atoms with van der Waals surface area (Å²) in [6, 6.07) is 23.3. The molecule has 0 saturated carbocycles. The second kappa shape index (κ2) is 9.60. The van der Waals surface area contributed by atoms with Gasteiger partial charge < -0.3 is 14.6 Å². The second-order valence-corrected chi connectivity index (χ2v) is 6.58. The SMILES string of the molecule is COC(=O)c1ccc(CCCc2ccccc2OCc2ccccc2)cc1O. The lowest BCUT2D eigenvalue weighted by atomic mass is 10.0. The Morgan fingerprint density at radius 3 is 2.39 bits per heavy atom. The van der Waals surface area contributed by atoms with Crippen LogP contribution in [0.25, 0.3) is 0 Å². The quantitative estimate of drug-likeness (QED) is 0.566. The van der Waals surface area contributed by atoms with Gasteiger partial charge in [-0.05, 0) is 54.2 Å². The van der Waals surface area contributed by atoms with Crippen LogP contribution in [0.4, 0.5) is 0 Å². The third-order valence-electron chi connectivity index (χ3n) is 4.59. The average Bonchev–Trinajstić information content (AvgIpc) is 2.73. The van der Waals surface area contributed by atoms with Gasteiger partial charge in [0.1, 0.15) is 23.7 Å². The fourth-order valence-electron chi connectivity index (χ4n) is 3.08. The molecular weight excluding hydrogens is 352 g/mol. The van der Waals surface area contributed by atoms with Crippen LogP contribution in [0.2, 0.25) is 0 Å². The number of para-hydroxylation sites is 1. The lowest BCUT2D eigenvalue weighted by Crippen LogP contribution is -2.02. The zero-order valence-corrected chi connectivity index (χ0v) is 15.9. The van der Waals surface area contributed by atoms with Gasteiger partial charge in [0, 0.05) is 0 Å². The number of rotatable bonds is 8. The predicted octanol–water partition coefficient (Wildman–Crippen LogP) is 4.93. The lowest BCUT2D eigenvalue weighted by molar-refractivity contribution is 0.0597. The minimum absolute atomic E-state index is 0.0454. The third kappa shape index (κ3) is 5.13. The van der Waals surface area contributed by atoms with Crippen LogP contribution in [0.5, 0.6) is 11.5 Å². The molecule has 0 fully saturated rings. The molecule has 0 unspecified atom stereocenters. The summed E-state index contributed by atoms with van der Waals surface area (Å²) in [5, 5.41) is 10.0. The summed E-state index contributed by atoms with van der Waals surface area (Å²) in [6.45, 7) is 0.542. The van der Waals surface area contributed by atoms with Crippen LogP contribution >= 0.6 is 0 Å². The van der Waals surface area contributed by atoms with Crippen molar-refractivity contribution < 1.29 is 19.4 Å². The first kappa shape index (κ1) is 19.5. The van der Waals surface area contributed by atoms with Gasteiger partial charge in [0.05, 0.1) is 7.11 Å². The van der Waals surface area contributed by atoms with E-state index in [4.69, 9.17) is 4.74 Å². The summed E-state index contributed by atoms with van der Waals surface area (Å²) in [4.78, 5) is 11.6. The van der Waals surface area contributed by atoms with E-state index in [1.54, 1.807) is 12.1 Å². The maximum absolute atomic E-state index is 11.6. The van der Waals surface area contributed by atoms with E-state index in [2.05, 4.69) is 10.8 Å². The highest BCUT2D eigenvalue weighted by molar-refractivity contribution is 5.92. The number of phenolic OH excluding ortho intramolecular Hbond substituents is 1. The first-order valence-electron chi connectivity index (χ1n) is 9.32. The van der Waals surface area contributed by atoms with Crippen LogP contribution in [0, 0.1) is 0 Å². The van der Waals surface area contributed by atoms with Crippen molar-refractivity contribution in [3.8, 4) is 11.5 Å². The predicted molar refractivity (Wildman–Crippen MR) is 109 cm³/mol. The van der Waals surface area contributed by atoms with Crippen LogP contribution in [0.3, 0.4) is 0 Å². The van der Waals surface area contributed by atoms with Gasteiger partial charge in [0.2, 0.25) is 0 Å². The molecule has 0 atom stereocenters. The minimum atomic E-state index is -0.534. The highest BCUT2D eigenvalue weighted by Gasteiger charge is 2.11. The monoisotopic (exact) mass is 376 g/mol. The van der Waals surface area contributed by atoms with Crippen molar-refractivity contribution >= 4 is 5.97 Å². The summed E-state index contributed by atoms with van der Waals surface area (Å²) in [6.07, 6.45) is 2.56. The molecule has 0 radical (unpaired) electrons. The summed E-state index contributed by atoms with van der Waals surface area (Å²) in [5.74, 6) is 0.319. The number of aromatic hydroxyl groups is 1. The van der Waals surface area contributed by atoms with E-state index in [0.717, 1.165) is 41.7 Å². The van der Waals surface area contributed by atoms with Crippen molar-refractivity contribution in [1.29, 1.82) is 0 Å². The van der Waals surface area contributed by atoms with Crippen LogP contribution in [0.15, 0.2) is 72.8 Å². The van der Waals surface area contributed by atoms with Crippen molar-refractivity contribution in [2.75, 3.05) is 7.11 Å². The average molecular weight is 376 g/mol. The van der Waals surface area contributed by atoms with Crippen LogP contribution in [-0.2, 0) is 24.2 Å². The van der Waals surface area contributed by atoms with Crippen LogP contribution < -0.4 is 4.74 Å². The van der Waals surface area contributed by atoms with E-state index >= 15 is 0 Å². The van der Waals surface area contributed by atoms with E-state index < -0.39 is 5.97 Å². The Hall–Kier alpha value is -3.27. The normalized spacial score (nSPS) is 10.5. The summed E-state index contributed by atoms with van der Waals surface area (Å²) in [7, 11) is 1.30. The van der Waals surface area contributed by atoms with Crippen molar-refractivity contribution in [2.45, 2.75) is 25.9 Å². The molecule has 4 nitrogen and oxygen atoms in total. The molecule has 144 valence electrons. The van der Waals surface area contributed by atoms with E-state index in [1.165, 1.54) is 7.11 Å². The lowest BCUT2D eigenvalue weighted by Gasteiger charge is -2.12. The number of methoxy groups -OCH3 is 1. The number of aryl methyl sites for hydroxylation is 2. The summed E-state index contributed by atoms with van der Waals surface area (Å²) in [5.41, 5.74) is 3.46. The number of hydrogen-bond donors (Lipinski definition) is 1. The molecule has 4 heteroatoms. The fraction of sp³-hybridized carbons (Fsp3) is 0.208. The van der Waals surface area contributed by atoms with Crippen molar-refractivity contribution in [3.05, 3.63) is 95.1 Å². The van der Waals surface area contributed by atoms with E-state index in [9.17, 15) is 9.90 Å². The fourth-order valence-corrected chi connectivity index (χ4v) is 3.08. The Morgan fingerprint density at radius 1 is 0.893 bits per heavy atom. The number of esters is 1. The van der Waals surface area contributed by atoms with Crippen molar-refractivity contribution in [2.24, 2.45) is 0 Å². The summed E-state index contributed by atoms with van der Waals surface area (Å²) >= 11 is 0. The van der Waals surface area contributed by atoms with E-state index in [0.29, 0.717) is 6.61 Å². The zero-order valence-electron chi connectivity index (χ0n) is 15.9. The van der Waals surface area contributed by atoms with Gasteiger partial charge in [-0.2, -0.15) is 0 Å². The molecule has 0 aliphatic heterocycles. The Kier molecular flexibility index (Phi) is 6.68. The molecular formula is C24H24O4. The number of carbonyl (C=O) groups excluding carboxylic acids is 1. The van der Waals surface area contributed by atoms with E-state index in [-0.39, 0.29) is 11.3 Å². The Morgan fingerprint density at radius 2 is 1.64 bits per heavy atom. The van der Waals surface area contributed by atoms with Crippen molar-refractivity contribution in [3.63, 3.8) is 0 Å². The summed E-state index contributed by atoms with van der Waals surface area (Å²) < 4.78 is 10.7. The highest BCUT2D eigenvalue weighted by Crippen LogP contribution is 2.24. The number of benzene rings is 3. The van der Waals surface area contributed by atoms with Gasteiger partial charge in [-0.15, -0.1) is 0 Å². The van der Waals surface area contributed by atoms with Gasteiger partial charge in [0.15, 0.2) is 0 Å². The Balaban J connectivity index is 1.58. The van der Waals surface area contributed by atoms with Gasteiger partial charge in [0.25, 0.3) is 0 Å². The van der Waals surface area contributed by atoms with Crippen molar-refractivity contribution in [1.82, 2.24) is 0 Å². The van der Waals surface area contributed by atoms with Gasteiger partial charge in [-0.3, -0.25) is 0 Å². The molecule has 0 spiro atoms. The molecule has 0 aromatic heterocycles. The molecule has 28 heavy (non-hydrogen) atoms. The standard InChI is InChI=1S/C24H24O4/c1-27-24(26)21-15-14-18(16-22(21)25)10-7-12-20-11-5-6-13-23(20)28-17-19-8-3-2-4-9-19/h2-6,8-9,11,13-16,25H,7,10,12,17H2,1H3. The number of phenols is 1. The minimum Gasteiger partial charge on any atom is -0.507 e. The molecule has 0 bridgehead atoms. The Labute approximate surface area is 165 Å². The zero-order chi connectivity index (χ0) is 19.8. The number of ether oxygens (including phenoxy) is 2. The number of hydrogen-bond acceptors (Lipinski definition) is 4. The Bertz CT molecular complexity index is 919. The maximum atomic E-state index is 11.6. The second-order valence-electron chi connectivity index (χ2n) is 6.58. The molecule has 0 aliphatic rings. The van der Waals surface area contributed by atoms with Gasteiger partial charge in [-0.25, -0.2) is 4.79 Å². The first-order chi connectivity index (χ1) is 13.7. The molecule has 3 aromatic carbocycles. The molecule has 3 rings (SSSR count). The highest BCUT2D eigenvalue weighted by atomic mass is 16.5. The maximum Gasteiger partial charge on any atom is 0.341 e. The number of carbonyl (C=O) groups is 1.